The van der Waals surface area contributed by atoms with Gasteiger partial charge in [0.2, 0.25) is 5.95 Å². The first-order valence-electron chi connectivity index (χ1n) is 11.9. The fraction of sp³-hybridized carbons (Fsp3) is 0.360. The minimum atomic E-state index is -0.546. The van der Waals surface area contributed by atoms with E-state index in [4.69, 9.17) is 9.97 Å². The highest BCUT2D eigenvalue weighted by Gasteiger charge is 2.34. The summed E-state index contributed by atoms with van der Waals surface area (Å²) in [6.07, 6.45) is 9.92. The van der Waals surface area contributed by atoms with Crippen LogP contribution in [0, 0.1) is 18.6 Å². The van der Waals surface area contributed by atoms with Gasteiger partial charge in [0.15, 0.2) is 5.82 Å². The zero-order valence-corrected chi connectivity index (χ0v) is 21.0. The molecular formula is C25H26F2N8S. The monoisotopic (exact) mass is 508 g/mol. The quantitative estimate of drug-likeness (QED) is 0.278. The number of benzene rings is 1. The normalized spacial score (nSPS) is 15.4. The van der Waals surface area contributed by atoms with Crippen molar-refractivity contribution in [2.45, 2.75) is 49.5 Å². The average molecular weight is 509 g/mol. The third-order valence-electron chi connectivity index (χ3n) is 6.57. The van der Waals surface area contributed by atoms with Gasteiger partial charge in [0.1, 0.15) is 28.8 Å². The Labute approximate surface area is 211 Å². The van der Waals surface area contributed by atoms with E-state index in [1.165, 1.54) is 17.0 Å². The zero-order chi connectivity index (χ0) is 25.0. The first-order valence-corrected chi connectivity index (χ1v) is 13.1. The lowest BCUT2D eigenvalue weighted by Crippen LogP contribution is -2.17. The number of halogens is 2. The summed E-state index contributed by atoms with van der Waals surface area (Å²) in [4.78, 5) is 16.0. The molecule has 2 aliphatic carbocycles. The molecular weight excluding hydrogens is 482 g/mol. The molecule has 3 heterocycles. The number of aromatic amines is 1. The van der Waals surface area contributed by atoms with Crippen molar-refractivity contribution < 1.29 is 8.78 Å². The molecule has 0 saturated heterocycles. The molecule has 2 aliphatic rings. The molecule has 0 amide bonds. The number of thioether (sulfide) groups is 1. The van der Waals surface area contributed by atoms with Gasteiger partial charge in [0.25, 0.3) is 0 Å². The number of hydrogen-bond donors (Lipinski definition) is 2. The Morgan fingerprint density at radius 2 is 1.92 bits per heavy atom. The van der Waals surface area contributed by atoms with Gasteiger partial charge in [0.05, 0.1) is 12.0 Å². The molecule has 0 spiro atoms. The third kappa shape index (κ3) is 4.32. The first-order chi connectivity index (χ1) is 17.4. The van der Waals surface area contributed by atoms with Gasteiger partial charge in [-0.25, -0.2) is 18.7 Å². The van der Waals surface area contributed by atoms with Crippen LogP contribution in [0.15, 0.2) is 35.6 Å². The summed E-state index contributed by atoms with van der Waals surface area (Å²) in [7, 11) is 1.64. The van der Waals surface area contributed by atoms with Gasteiger partial charge >= 0.3 is 0 Å². The molecule has 0 aliphatic heterocycles. The predicted octanol–water partition coefficient (Wildman–Crippen LogP) is 6.10. The van der Waals surface area contributed by atoms with Crippen molar-refractivity contribution in [1.82, 2.24) is 29.7 Å². The second-order valence-electron chi connectivity index (χ2n) is 9.40. The number of aryl methyl sites for hydroxylation is 1. The molecule has 0 unspecified atom stereocenters. The number of imidazole rings is 1. The van der Waals surface area contributed by atoms with Gasteiger partial charge in [-0.15, -0.1) is 11.8 Å². The molecule has 11 heteroatoms. The molecule has 186 valence electrons. The van der Waals surface area contributed by atoms with Gasteiger partial charge in [-0.2, -0.15) is 10.1 Å². The van der Waals surface area contributed by atoms with Crippen molar-refractivity contribution in [3.05, 3.63) is 53.6 Å². The highest BCUT2D eigenvalue weighted by molar-refractivity contribution is 7.98. The van der Waals surface area contributed by atoms with Crippen LogP contribution >= 0.6 is 11.8 Å². The maximum atomic E-state index is 15.0. The number of hydrogen-bond acceptors (Lipinski definition) is 7. The predicted molar refractivity (Wildman–Crippen MR) is 136 cm³/mol. The molecule has 0 atom stereocenters. The summed E-state index contributed by atoms with van der Waals surface area (Å²) in [5.41, 5.74) is 3.38. The zero-order valence-electron chi connectivity index (χ0n) is 20.2. The SMILES string of the molecule is CSc1cc(F)c(N(C)c2nc(Nc3cc(C)[nH]n3)c(C3CC3)c(-c3cn(C4CC4)cn3)n2)cc1F. The number of aromatic nitrogens is 6. The Morgan fingerprint density at radius 3 is 2.58 bits per heavy atom. The number of anilines is 4. The Kier molecular flexibility index (Phi) is 5.66. The Hall–Kier alpha value is -3.47. The van der Waals surface area contributed by atoms with E-state index in [9.17, 15) is 4.39 Å². The number of nitrogens with one attached hydrogen (secondary N) is 2. The summed E-state index contributed by atoms with van der Waals surface area (Å²) < 4.78 is 31.7. The molecule has 4 aromatic rings. The lowest BCUT2D eigenvalue weighted by molar-refractivity contribution is 0.577. The molecule has 6 rings (SSSR count). The molecule has 36 heavy (non-hydrogen) atoms. The summed E-state index contributed by atoms with van der Waals surface area (Å²) in [5, 5.41) is 10.6. The van der Waals surface area contributed by atoms with E-state index in [1.807, 2.05) is 25.5 Å². The second-order valence-corrected chi connectivity index (χ2v) is 10.3. The average Bonchev–Trinajstić information content (AvgIpc) is 3.80. The lowest BCUT2D eigenvalue weighted by Gasteiger charge is -2.22. The third-order valence-corrected chi connectivity index (χ3v) is 7.32. The van der Waals surface area contributed by atoms with Crippen molar-refractivity contribution >= 4 is 35.0 Å². The van der Waals surface area contributed by atoms with E-state index >= 15 is 4.39 Å². The summed E-state index contributed by atoms with van der Waals surface area (Å²) in [5.74, 6) is 0.712. The standard InChI is InChI=1S/C25H26F2N8S/c1-13-8-21(33-32-13)29-24-22(14-4-5-14)23(18-11-35(12-28-18)15-6-7-15)30-25(31-24)34(2)19-9-17(27)20(36-3)10-16(19)26/h8-12,14-15H,4-7H2,1-3H3,(H2,29,30,31,32,33). The number of H-pyrrole nitrogens is 1. The topological polar surface area (TPSA) is 87.5 Å². The highest BCUT2D eigenvalue weighted by Crippen LogP contribution is 2.48. The van der Waals surface area contributed by atoms with Crippen LogP contribution < -0.4 is 10.2 Å². The summed E-state index contributed by atoms with van der Waals surface area (Å²) >= 11 is 1.16. The highest BCUT2D eigenvalue weighted by atomic mass is 32.2. The second kappa shape index (κ2) is 8.88. The first kappa shape index (κ1) is 23.0. The van der Waals surface area contributed by atoms with Crippen LogP contribution in [-0.2, 0) is 0 Å². The van der Waals surface area contributed by atoms with Crippen LogP contribution in [0.25, 0.3) is 11.4 Å². The molecule has 0 bridgehead atoms. The van der Waals surface area contributed by atoms with Crippen LogP contribution in [0.2, 0.25) is 0 Å². The van der Waals surface area contributed by atoms with E-state index in [1.54, 1.807) is 13.3 Å². The van der Waals surface area contributed by atoms with Crippen molar-refractivity contribution in [3.63, 3.8) is 0 Å². The van der Waals surface area contributed by atoms with Crippen molar-refractivity contribution in [3.8, 4) is 11.4 Å². The molecule has 0 radical (unpaired) electrons. The van der Waals surface area contributed by atoms with Gasteiger partial charge in [-0.1, -0.05) is 0 Å². The van der Waals surface area contributed by atoms with Crippen LogP contribution in [0.5, 0.6) is 0 Å². The lowest BCUT2D eigenvalue weighted by atomic mass is 10.1. The van der Waals surface area contributed by atoms with E-state index in [0.717, 1.165) is 54.4 Å². The number of rotatable bonds is 8. The Morgan fingerprint density at radius 1 is 1.11 bits per heavy atom. The smallest absolute Gasteiger partial charge is 0.232 e. The van der Waals surface area contributed by atoms with Gasteiger partial charge < -0.3 is 14.8 Å². The van der Waals surface area contributed by atoms with E-state index in [0.29, 0.717) is 29.3 Å². The molecule has 8 nitrogen and oxygen atoms in total. The summed E-state index contributed by atoms with van der Waals surface area (Å²) in [6, 6.07) is 4.76. The van der Waals surface area contributed by atoms with E-state index in [2.05, 4.69) is 25.1 Å². The van der Waals surface area contributed by atoms with Gasteiger partial charge in [-0.3, -0.25) is 5.10 Å². The Balaban J connectivity index is 1.49. The van der Waals surface area contributed by atoms with Gasteiger partial charge in [-0.05, 0) is 50.8 Å². The van der Waals surface area contributed by atoms with Crippen LogP contribution in [0.3, 0.4) is 0 Å². The molecule has 1 aromatic carbocycles. The Bertz CT molecular complexity index is 1440. The summed E-state index contributed by atoms with van der Waals surface area (Å²) in [6.45, 7) is 1.92. The van der Waals surface area contributed by atoms with E-state index in [-0.39, 0.29) is 16.5 Å². The van der Waals surface area contributed by atoms with Crippen molar-refractivity contribution in [2.24, 2.45) is 0 Å². The molecule has 2 fully saturated rings. The van der Waals surface area contributed by atoms with Gasteiger partial charge in [0, 0.05) is 47.6 Å². The van der Waals surface area contributed by atoms with E-state index < -0.39 is 11.6 Å². The fourth-order valence-corrected chi connectivity index (χ4v) is 4.81. The molecule has 2 N–H and O–H groups in total. The van der Waals surface area contributed by atoms with Crippen LogP contribution in [-0.4, -0.2) is 43.0 Å². The van der Waals surface area contributed by atoms with Crippen molar-refractivity contribution in [1.29, 1.82) is 0 Å². The van der Waals surface area contributed by atoms with Crippen LogP contribution in [0.1, 0.15) is 48.9 Å². The number of nitrogens with zero attached hydrogens (tertiary/aromatic N) is 6. The minimum absolute atomic E-state index is 0.0560. The van der Waals surface area contributed by atoms with Crippen LogP contribution in [0.4, 0.5) is 32.1 Å². The minimum Gasteiger partial charge on any atom is -0.334 e. The largest absolute Gasteiger partial charge is 0.334 e. The maximum absolute atomic E-state index is 15.0. The van der Waals surface area contributed by atoms with Crippen molar-refractivity contribution in [2.75, 3.05) is 23.5 Å². The molecule has 2 saturated carbocycles. The molecule has 3 aromatic heterocycles. The maximum Gasteiger partial charge on any atom is 0.232 e. The fourth-order valence-electron chi connectivity index (χ4n) is 4.33.